The molecule has 1 aromatic carbocycles. The van der Waals surface area contributed by atoms with Crippen molar-refractivity contribution in [1.82, 2.24) is 20.2 Å². The van der Waals surface area contributed by atoms with E-state index in [-0.39, 0.29) is 11.5 Å². The van der Waals surface area contributed by atoms with Crippen LogP contribution in [0, 0.1) is 6.92 Å². The van der Waals surface area contributed by atoms with Crippen molar-refractivity contribution in [3.05, 3.63) is 79.2 Å². The number of H-pyrrole nitrogens is 2. The van der Waals surface area contributed by atoms with Crippen LogP contribution in [0.4, 0.5) is 0 Å². The van der Waals surface area contributed by atoms with E-state index >= 15 is 0 Å². The van der Waals surface area contributed by atoms with Gasteiger partial charge in [-0.05, 0) is 42.4 Å². The van der Waals surface area contributed by atoms with E-state index in [4.69, 9.17) is 11.6 Å². The molecule has 25 heavy (non-hydrogen) atoms. The lowest BCUT2D eigenvalue weighted by Gasteiger charge is -2.06. The van der Waals surface area contributed by atoms with Gasteiger partial charge in [0, 0.05) is 6.20 Å². The molecule has 1 aliphatic rings. The van der Waals surface area contributed by atoms with Crippen molar-refractivity contribution in [2.75, 3.05) is 0 Å². The molecule has 0 spiro atoms. The van der Waals surface area contributed by atoms with Crippen LogP contribution in [0.15, 0.2) is 46.1 Å². The van der Waals surface area contributed by atoms with E-state index in [9.17, 15) is 9.59 Å². The normalized spacial score (nSPS) is 19.0. The zero-order valence-corrected chi connectivity index (χ0v) is 14.2. The minimum Gasteiger partial charge on any atom is -0.313 e. The van der Waals surface area contributed by atoms with Crippen molar-refractivity contribution in [3.63, 3.8) is 0 Å². The fourth-order valence-corrected chi connectivity index (χ4v) is 3.34. The Hall–Kier alpha value is -2.73. The highest BCUT2D eigenvalue weighted by atomic mass is 35.5. The molecule has 1 aliphatic carbocycles. The zero-order chi connectivity index (χ0) is 17.6. The molecule has 3 aromatic rings. The van der Waals surface area contributed by atoms with Gasteiger partial charge in [0.15, 0.2) is 5.15 Å². The van der Waals surface area contributed by atoms with Gasteiger partial charge in [0.25, 0.3) is 5.56 Å². The Balaban J connectivity index is 1.68. The molecule has 126 valence electrons. The molecule has 6 nitrogen and oxygen atoms in total. The van der Waals surface area contributed by atoms with E-state index in [1.54, 1.807) is 6.07 Å². The van der Waals surface area contributed by atoms with Crippen LogP contribution in [0.2, 0.25) is 5.15 Å². The summed E-state index contributed by atoms with van der Waals surface area (Å²) in [5.41, 5.74) is 2.97. The van der Waals surface area contributed by atoms with Gasteiger partial charge in [-0.15, -0.1) is 10.2 Å². The number of aryl methyl sites for hydroxylation is 1. The van der Waals surface area contributed by atoms with Gasteiger partial charge in [-0.25, -0.2) is 4.79 Å². The number of benzene rings is 1. The van der Waals surface area contributed by atoms with Crippen LogP contribution in [0.5, 0.6) is 0 Å². The lowest BCUT2D eigenvalue weighted by Crippen LogP contribution is -2.23. The molecule has 2 heterocycles. The molecular weight excluding hydrogens is 340 g/mol. The molecular formula is C18H15ClN4O2. The summed E-state index contributed by atoms with van der Waals surface area (Å²) in [6.07, 6.45) is 2.32. The molecule has 0 saturated heterocycles. The van der Waals surface area contributed by atoms with E-state index in [2.05, 4.69) is 51.4 Å². The van der Waals surface area contributed by atoms with E-state index in [0.717, 1.165) is 12.0 Å². The molecule has 2 N–H and O–H groups in total. The second-order valence-electron chi connectivity index (χ2n) is 6.32. The summed E-state index contributed by atoms with van der Waals surface area (Å²) in [6, 6.07) is 10.3. The quantitative estimate of drug-likeness (QED) is 0.756. The average molecular weight is 355 g/mol. The molecule has 1 saturated carbocycles. The number of aromatic nitrogens is 4. The van der Waals surface area contributed by atoms with Crippen LogP contribution in [0.25, 0.3) is 11.3 Å². The maximum absolute atomic E-state index is 12.0. The monoisotopic (exact) mass is 354 g/mol. The molecule has 0 radical (unpaired) electrons. The van der Waals surface area contributed by atoms with Crippen molar-refractivity contribution in [2.45, 2.75) is 25.2 Å². The molecule has 0 amide bonds. The van der Waals surface area contributed by atoms with Gasteiger partial charge in [0.1, 0.15) is 5.69 Å². The maximum Gasteiger partial charge on any atom is 0.325 e. The van der Waals surface area contributed by atoms with Crippen molar-refractivity contribution in [1.29, 1.82) is 0 Å². The highest BCUT2D eigenvalue weighted by molar-refractivity contribution is 6.30. The first-order valence-electron chi connectivity index (χ1n) is 7.95. The largest absolute Gasteiger partial charge is 0.325 e. The number of halogens is 1. The number of rotatable bonds is 3. The lowest BCUT2D eigenvalue weighted by molar-refractivity contribution is 0.951. The number of hydrogen-bond donors (Lipinski definition) is 2. The average Bonchev–Trinajstić information content (AvgIpc) is 3.37. The number of nitrogens with one attached hydrogen (secondary N) is 2. The van der Waals surface area contributed by atoms with Gasteiger partial charge in [0.2, 0.25) is 0 Å². The summed E-state index contributed by atoms with van der Waals surface area (Å²) >= 11 is 6.24. The van der Waals surface area contributed by atoms with Crippen LogP contribution in [0.1, 0.15) is 34.9 Å². The van der Waals surface area contributed by atoms with E-state index in [0.29, 0.717) is 16.8 Å². The van der Waals surface area contributed by atoms with Crippen molar-refractivity contribution >= 4 is 11.6 Å². The maximum atomic E-state index is 12.0. The molecule has 1 fully saturated rings. The molecule has 4 rings (SSSR count). The molecule has 2 atom stereocenters. The summed E-state index contributed by atoms with van der Waals surface area (Å²) in [6.45, 7) is 2.06. The Bertz CT molecular complexity index is 1060. The molecule has 2 aromatic heterocycles. The summed E-state index contributed by atoms with van der Waals surface area (Å²) in [5.74, 6) is 0.648. The summed E-state index contributed by atoms with van der Waals surface area (Å²) < 4.78 is 0. The Kier molecular flexibility index (Phi) is 3.77. The summed E-state index contributed by atoms with van der Waals surface area (Å²) in [4.78, 5) is 27.8. The fourth-order valence-electron chi connectivity index (χ4n) is 3.10. The van der Waals surface area contributed by atoms with Crippen LogP contribution in [-0.4, -0.2) is 20.2 Å². The smallest absolute Gasteiger partial charge is 0.313 e. The predicted octanol–water partition coefficient (Wildman–Crippen LogP) is 2.75. The molecule has 7 heteroatoms. The first kappa shape index (κ1) is 15.8. The van der Waals surface area contributed by atoms with Gasteiger partial charge in [-0.2, -0.15) is 0 Å². The second-order valence-corrected chi connectivity index (χ2v) is 6.68. The standard InChI is InChI=1S/C18H15ClN4O2/c1-9-2-4-10(5-3-9)11-6-12(11)13-7-15(22-23-16(13)19)14-8-20-18(25)21-17(14)24/h2-5,7-8,11-12H,6H2,1H3,(H2,20,21,24,25). The highest BCUT2D eigenvalue weighted by Crippen LogP contribution is 2.56. The minimum atomic E-state index is -0.558. The first-order chi connectivity index (χ1) is 12.0. The molecule has 0 aliphatic heterocycles. The Morgan fingerprint density at radius 2 is 1.88 bits per heavy atom. The van der Waals surface area contributed by atoms with Crippen LogP contribution in [0.3, 0.4) is 0 Å². The van der Waals surface area contributed by atoms with Crippen molar-refractivity contribution in [2.24, 2.45) is 0 Å². The topological polar surface area (TPSA) is 91.5 Å². The lowest BCUT2D eigenvalue weighted by atomic mass is 10.0. The van der Waals surface area contributed by atoms with Gasteiger partial charge in [-0.3, -0.25) is 9.78 Å². The zero-order valence-electron chi connectivity index (χ0n) is 13.4. The van der Waals surface area contributed by atoms with E-state index in [1.807, 2.05) is 0 Å². The molecule has 0 bridgehead atoms. The predicted molar refractivity (Wildman–Crippen MR) is 95.0 cm³/mol. The van der Waals surface area contributed by atoms with Crippen LogP contribution >= 0.6 is 11.6 Å². The van der Waals surface area contributed by atoms with E-state index in [1.165, 1.54) is 17.3 Å². The van der Waals surface area contributed by atoms with Crippen molar-refractivity contribution in [3.8, 4) is 11.3 Å². The van der Waals surface area contributed by atoms with Crippen LogP contribution < -0.4 is 11.2 Å². The minimum absolute atomic E-state index is 0.256. The number of hydrogen-bond acceptors (Lipinski definition) is 4. The highest BCUT2D eigenvalue weighted by Gasteiger charge is 2.41. The van der Waals surface area contributed by atoms with Crippen molar-refractivity contribution < 1.29 is 0 Å². The Labute approximate surface area is 147 Å². The molecule has 2 unspecified atom stereocenters. The summed E-state index contributed by atoms with van der Waals surface area (Å²) in [5, 5.41) is 8.34. The number of aromatic amines is 2. The number of nitrogens with zero attached hydrogens (tertiary/aromatic N) is 2. The third-order valence-corrected chi connectivity index (χ3v) is 4.86. The third-order valence-electron chi connectivity index (χ3n) is 4.57. The second kappa shape index (κ2) is 5.97. The Morgan fingerprint density at radius 3 is 2.60 bits per heavy atom. The van der Waals surface area contributed by atoms with Gasteiger partial charge in [-0.1, -0.05) is 41.4 Å². The summed E-state index contributed by atoms with van der Waals surface area (Å²) in [7, 11) is 0. The first-order valence-corrected chi connectivity index (χ1v) is 8.33. The van der Waals surface area contributed by atoms with Gasteiger partial charge >= 0.3 is 5.69 Å². The third kappa shape index (κ3) is 3.00. The van der Waals surface area contributed by atoms with E-state index < -0.39 is 11.2 Å². The Morgan fingerprint density at radius 1 is 1.12 bits per heavy atom. The fraction of sp³-hybridized carbons (Fsp3) is 0.222. The van der Waals surface area contributed by atoms with Gasteiger partial charge in [0.05, 0.1) is 5.56 Å². The SMILES string of the molecule is Cc1ccc(C2CC2c2cc(-c3c[nH]c(=O)[nH]c3=O)nnc2Cl)cc1. The van der Waals surface area contributed by atoms with Gasteiger partial charge < -0.3 is 4.98 Å². The van der Waals surface area contributed by atoms with Crippen LogP contribution in [-0.2, 0) is 0 Å².